The molecule has 0 fully saturated rings. The van der Waals surface area contributed by atoms with Gasteiger partial charge in [-0.15, -0.1) is 0 Å². The van der Waals surface area contributed by atoms with Gasteiger partial charge in [0.05, 0.1) is 0 Å². The van der Waals surface area contributed by atoms with E-state index in [4.69, 9.17) is 17.3 Å². The molecule has 0 bridgehead atoms. The van der Waals surface area contributed by atoms with Gasteiger partial charge in [-0.25, -0.2) is 0 Å². The normalized spacial score (nSPS) is 13.2. The second-order valence-corrected chi connectivity index (χ2v) is 4.75. The second-order valence-electron chi connectivity index (χ2n) is 4.34. The first-order valence-electron chi connectivity index (χ1n) is 5.18. The summed E-state index contributed by atoms with van der Waals surface area (Å²) in [5.41, 5.74) is 7.48. The zero-order valence-corrected chi connectivity index (χ0v) is 10.2. The van der Waals surface area contributed by atoms with E-state index in [1.807, 2.05) is 26.8 Å². The van der Waals surface area contributed by atoms with Gasteiger partial charge in [0.25, 0.3) is 0 Å². The van der Waals surface area contributed by atoms with Crippen molar-refractivity contribution in [2.24, 2.45) is 5.73 Å². The summed E-state index contributed by atoms with van der Waals surface area (Å²) in [4.78, 5) is 0. The van der Waals surface area contributed by atoms with Gasteiger partial charge in [-0.2, -0.15) is 0 Å². The summed E-state index contributed by atoms with van der Waals surface area (Å²) < 4.78 is 0. The van der Waals surface area contributed by atoms with Crippen LogP contribution in [0.15, 0.2) is 12.1 Å². The van der Waals surface area contributed by atoms with Crippen LogP contribution in [0.5, 0.6) is 5.75 Å². The molecule has 1 aromatic carbocycles. The van der Waals surface area contributed by atoms with Crippen LogP contribution in [0.4, 0.5) is 0 Å². The molecule has 84 valence electrons. The van der Waals surface area contributed by atoms with Crippen LogP contribution in [-0.2, 0) is 6.42 Å². The molecule has 0 saturated heterocycles. The molecule has 0 amide bonds. The van der Waals surface area contributed by atoms with Gasteiger partial charge >= 0.3 is 0 Å². The van der Waals surface area contributed by atoms with Crippen molar-refractivity contribution in [1.82, 2.24) is 0 Å². The maximum absolute atomic E-state index is 9.80. The molecule has 0 radical (unpaired) electrons. The van der Waals surface area contributed by atoms with E-state index < -0.39 is 0 Å². The van der Waals surface area contributed by atoms with Crippen LogP contribution in [0.25, 0.3) is 0 Å². The van der Waals surface area contributed by atoms with Gasteiger partial charge in [-0.3, -0.25) is 0 Å². The van der Waals surface area contributed by atoms with Gasteiger partial charge in [0.1, 0.15) is 5.75 Å². The quantitative estimate of drug-likeness (QED) is 0.834. The molecule has 0 aliphatic heterocycles. The molecule has 1 atom stereocenters. The van der Waals surface area contributed by atoms with Gasteiger partial charge in [0.2, 0.25) is 0 Å². The summed E-state index contributed by atoms with van der Waals surface area (Å²) in [6.07, 6.45) is 0.643. The lowest BCUT2D eigenvalue weighted by atomic mass is 9.98. The molecule has 2 nitrogen and oxygen atoms in total. The minimum atomic E-state index is 0.0249. The van der Waals surface area contributed by atoms with E-state index in [1.165, 1.54) is 0 Å². The average Bonchev–Trinajstić information content (AvgIpc) is 2.09. The van der Waals surface area contributed by atoms with E-state index in [1.54, 1.807) is 6.07 Å². The Labute approximate surface area is 96.1 Å². The Morgan fingerprint density at radius 2 is 1.93 bits per heavy atom. The number of rotatable bonds is 3. The number of phenols is 1. The van der Waals surface area contributed by atoms with Crippen LogP contribution in [0, 0.1) is 0 Å². The molecule has 0 aliphatic carbocycles. The van der Waals surface area contributed by atoms with E-state index in [-0.39, 0.29) is 6.04 Å². The number of hydrogen-bond donors (Lipinski definition) is 2. The third-order valence-corrected chi connectivity index (χ3v) is 2.69. The molecule has 0 heterocycles. The number of hydrogen-bond acceptors (Lipinski definition) is 2. The molecule has 0 aromatic heterocycles. The number of benzene rings is 1. The topological polar surface area (TPSA) is 46.2 Å². The predicted molar refractivity (Wildman–Crippen MR) is 64.6 cm³/mol. The minimum absolute atomic E-state index is 0.0249. The highest BCUT2D eigenvalue weighted by atomic mass is 35.5. The van der Waals surface area contributed by atoms with Crippen LogP contribution in [-0.4, -0.2) is 11.1 Å². The molecule has 1 aromatic rings. The van der Waals surface area contributed by atoms with Crippen LogP contribution in [0.2, 0.25) is 5.02 Å². The minimum Gasteiger partial charge on any atom is -0.508 e. The maximum atomic E-state index is 9.80. The molecule has 0 saturated carbocycles. The van der Waals surface area contributed by atoms with Crippen molar-refractivity contribution < 1.29 is 5.11 Å². The fourth-order valence-corrected chi connectivity index (χ4v) is 1.98. The summed E-state index contributed by atoms with van der Waals surface area (Å²) in [6.45, 7) is 6.00. The molecule has 1 rings (SSSR count). The Kier molecular flexibility index (Phi) is 4.00. The highest BCUT2D eigenvalue weighted by molar-refractivity contribution is 6.31. The highest BCUT2D eigenvalue weighted by Crippen LogP contribution is 2.31. The van der Waals surface area contributed by atoms with E-state index in [0.29, 0.717) is 23.1 Å². The lowest BCUT2D eigenvalue weighted by Gasteiger charge is -2.13. The molecule has 0 aliphatic rings. The van der Waals surface area contributed by atoms with Crippen molar-refractivity contribution in [2.45, 2.75) is 39.2 Å². The summed E-state index contributed by atoms with van der Waals surface area (Å²) in [5.74, 6) is 0.605. The second kappa shape index (κ2) is 4.86. The lowest BCUT2D eigenvalue weighted by Crippen LogP contribution is -2.17. The fraction of sp³-hybridized carbons (Fsp3) is 0.500. The Bertz CT molecular complexity index is 348. The van der Waals surface area contributed by atoms with Crippen molar-refractivity contribution in [3.63, 3.8) is 0 Å². The zero-order valence-electron chi connectivity index (χ0n) is 9.42. The van der Waals surface area contributed by atoms with Gasteiger partial charge in [-0.05, 0) is 42.5 Å². The van der Waals surface area contributed by atoms with Crippen molar-refractivity contribution in [1.29, 1.82) is 0 Å². The van der Waals surface area contributed by atoms with Gasteiger partial charge in [0, 0.05) is 11.1 Å². The van der Waals surface area contributed by atoms with E-state index >= 15 is 0 Å². The smallest absolute Gasteiger partial charge is 0.119 e. The van der Waals surface area contributed by atoms with Gasteiger partial charge < -0.3 is 10.8 Å². The zero-order chi connectivity index (χ0) is 11.6. The van der Waals surface area contributed by atoms with Crippen LogP contribution < -0.4 is 5.73 Å². The Hall–Kier alpha value is -0.730. The Morgan fingerprint density at radius 1 is 1.33 bits per heavy atom. The van der Waals surface area contributed by atoms with Crippen molar-refractivity contribution in [3.8, 4) is 5.75 Å². The first-order valence-corrected chi connectivity index (χ1v) is 5.56. The van der Waals surface area contributed by atoms with Crippen LogP contribution >= 0.6 is 11.6 Å². The summed E-state index contributed by atoms with van der Waals surface area (Å²) in [5, 5.41) is 10.5. The van der Waals surface area contributed by atoms with Crippen molar-refractivity contribution in [2.75, 3.05) is 0 Å². The molecule has 1 unspecified atom stereocenters. The molecule has 0 spiro atoms. The number of halogens is 1. The SMILES string of the molecule is CC(N)Cc1cc(Cl)c(C(C)C)cc1O. The molecule has 3 N–H and O–H groups in total. The number of aromatic hydroxyl groups is 1. The Morgan fingerprint density at radius 3 is 2.40 bits per heavy atom. The molecule has 15 heavy (non-hydrogen) atoms. The largest absolute Gasteiger partial charge is 0.508 e. The predicted octanol–water partition coefficient (Wildman–Crippen LogP) is 3.06. The summed E-state index contributed by atoms with van der Waals surface area (Å²) in [6, 6.07) is 3.58. The number of phenolic OH excluding ortho intramolecular Hbond substituents is 1. The van der Waals surface area contributed by atoms with Crippen molar-refractivity contribution >= 4 is 11.6 Å². The van der Waals surface area contributed by atoms with E-state index in [0.717, 1.165) is 11.1 Å². The van der Waals surface area contributed by atoms with E-state index in [9.17, 15) is 5.11 Å². The summed E-state index contributed by atoms with van der Waals surface area (Å²) in [7, 11) is 0. The first kappa shape index (κ1) is 12.3. The molecular formula is C12H18ClNO. The third-order valence-electron chi connectivity index (χ3n) is 2.36. The standard InChI is InChI=1S/C12H18ClNO/c1-7(2)10-6-12(15)9(4-8(3)14)5-11(10)13/h5-8,15H,4,14H2,1-3H3. The van der Waals surface area contributed by atoms with Crippen LogP contribution in [0.3, 0.4) is 0 Å². The summed E-state index contributed by atoms with van der Waals surface area (Å²) >= 11 is 6.13. The number of nitrogens with two attached hydrogens (primary N) is 1. The highest BCUT2D eigenvalue weighted by Gasteiger charge is 2.11. The van der Waals surface area contributed by atoms with Crippen LogP contribution in [0.1, 0.15) is 37.8 Å². The van der Waals surface area contributed by atoms with Gasteiger partial charge in [-0.1, -0.05) is 25.4 Å². The van der Waals surface area contributed by atoms with E-state index in [2.05, 4.69) is 0 Å². The fourth-order valence-electron chi connectivity index (χ4n) is 1.57. The van der Waals surface area contributed by atoms with Gasteiger partial charge in [0.15, 0.2) is 0 Å². The average molecular weight is 228 g/mol. The maximum Gasteiger partial charge on any atom is 0.119 e. The monoisotopic (exact) mass is 227 g/mol. The molecular weight excluding hydrogens is 210 g/mol. The third kappa shape index (κ3) is 3.11. The Balaban J connectivity index is 3.08. The first-order chi connectivity index (χ1) is 6.91. The van der Waals surface area contributed by atoms with Crippen molar-refractivity contribution in [3.05, 3.63) is 28.3 Å². The lowest BCUT2D eigenvalue weighted by molar-refractivity contribution is 0.464. The molecule has 3 heteroatoms.